The first kappa shape index (κ1) is 22.6. The minimum absolute atomic E-state index is 0.111. The quantitative estimate of drug-likeness (QED) is 0.750. The molecule has 1 aliphatic rings. The van der Waals surface area contributed by atoms with Crippen LogP contribution >= 0.6 is 0 Å². The van der Waals surface area contributed by atoms with Crippen LogP contribution in [-0.2, 0) is 15.4 Å². The molecule has 1 aromatic carbocycles. The summed E-state index contributed by atoms with van der Waals surface area (Å²) in [6.07, 6.45) is 6.45. The van der Waals surface area contributed by atoms with Crippen LogP contribution in [0.2, 0.25) is 0 Å². The molecule has 0 heterocycles. The van der Waals surface area contributed by atoms with Crippen LogP contribution in [-0.4, -0.2) is 44.8 Å². The van der Waals surface area contributed by atoms with Crippen molar-refractivity contribution in [3.63, 3.8) is 0 Å². The molecule has 0 fully saturated rings. The number of hydrogen-bond acceptors (Lipinski definition) is 4. The molecule has 2 rings (SSSR count). The van der Waals surface area contributed by atoms with Crippen molar-refractivity contribution >= 4 is 21.3 Å². The Hall–Kier alpha value is -1.66. The zero-order chi connectivity index (χ0) is 21.3. The van der Waals surface area contributed by atoms with E-state index in [1.54, 1.807) is 6.07 Å². The second-order valence-corrected chi connectivity index (χ2v) is 11.6. The lowest BCUT2D eigenvalue weighted by Crippen LogP contribution is -2.41. The Morgan fingerprint density at radius 2 is 1.93 bits per heavy atom. The number of hydrogen-bond donors (Lipinski definition) is 1. The summed E-state index contributed by atoms with van der Waals surface area (Å²) in [5.41, 5.74) is 9.20. The fourth-order valence-corrected chi connectivity index (χ4v) is 4.13. The van der Waals surface area contributed by atoms with E-state index in [9.17, 15) is 13.2 Å². The fourth-order valence-electron chi connectivity index (χ4n) is 3.53. The maximum Gasteiger partial charge on any atom is 0.249 e. The van der Waals surface area contributed by atoms with Crippen molar-refractivity contribution in [2.24, 2.45) is 11.1 Å². The number of amides is 1. The largest absolute Gasteiger partial charge is 0.366 e. The maximum atomic E-state index is 12.0. The van der Waals surface area contributed by atoms with Crippen LogP contribution in [0.1, 0.15) is 68.4 Å². The summed E-state index contributed by atoms with van der Waals surface area (Å²) in [4.78, 5) is 14.1. The van der Waals surface area contributed by atoms with Gasteiger partial charge in [-0.25, -0.2) is 8.42 Å². The van der Waals surface area contributed by atoms with Gasteiger partial charge in [-0.1, -0.05) is 26.0 Å². The Labute approximate surface area is 169 Å². The topological polar surface area (TPSA) is 80.5 Å². The average molecular weight is 407 g/mol. The van der Waals surface area contributed by atoms with Crippen molar-refractivity contribution in [3.05, 3.63) is 41.0 Å². The van der Waals surface area contributed by atoms with Gasteiger partial charge in [0.05, 0.1) is 5.75 Å². The molecule has 2 N–H and O–H groups in total. The van der Waals surface area contributed by atoms with Crippen LogP contribution in [0.5, 0.6) is 0 Å². The minimum Gasteiger partial charge on any atom is -0.366 e. The zero-order valence-corrected chi connectivity index (χ0v) is 18.8. The van der Waals surface area contributed by atoms with Crippen molar-refractivity contribution in [1.29, 1.82) is 0 Å². The third-order valence-electron chi connectivity index (χ3n) is 6.06. The van der Waals surface area contributed by atoms with E-state index in [1.165, 1.54) is 11.8 Å². The maximum absolute atomic E-state index is 12.0. The Kier molecular flexibility index (Phi) is 6.46. The predicted molar refractivity (Wildman–Crippen MR) is 116 cm³/mol. The summed E-state index contributed by atoms with van der Waals surface area (Å²) in [5.74, 6) is -0.310. The third-order valence-corrected chi connectivity index (χ3v) is 6.99. The number of nitrogens with zero attached hydrogens (tertiary/aromatic N) is 1. The lowest BCUT2D eigenvalue weighted by atomic mass is 9.76. The number of carbonyl (C=O) groups excluding carboxylic acids is 1. The van der Waals surface area contributed by atoms with Crippen LogP contribution in [0, 0.1) is 5.41 Å². The molecule has 0 radical (unpaired) electrons. The lowest BCUT2D eigenvalue weighted by molar-refractivity contribution is 0.0999. The van der Waals surface area contributed by atoms with Gasteiger partial charge in [-0.15, -0.1) is 0 Å². The van der Waals surface area contributed by atoms with E-state index in [-0.39, 0.29) is 16.7 Å². The van der Waals surface area contributed by atoms with E-state index in [1.807, 2.05) is 18.0 Å². The Morgan fingerprint density at radius 1 is 1.29 bits per heavy atom. The second-order valence-electron chi connectivity index (χ2n) is 9.33. The Morgan fingerprint density at radius 3 is 2.43 bits per heavy atom. The highest BCUT2D eigenvalue weighted by atomic mass is 32.2. The van der Waals surface area contributed by atoms with E-state index in [0.717, 1.165) is 30.4 Å². The van der Waals surface area contributed by atoms with Gasteiger partial charge in [0.15, 0.2) is 0 Å². The van der Waals surface area contributed by atoms with Crippen molar-refractivity contribution in [2.45, 2.75) is 52.5 Å². The molecule has 0 atom stereocenters. The molecule has 0 spiro atoms. The average Bonchev–Trinajstić information content (AvgIpc) is 2.58. The highest BCUT2D eigenvalue weighted by Gasteiger charge is 2.29. The highest BCUT2D eigenvalue weighted by Crippen LogP contribution is 2.40. The SMILES string of the molecule is CN(CCS(C)(=O)=O)C(C)(C)c1ccc(C(N)=O)c(C2=CCC(C)(C)CC2)c1. The molecule has 1 aliphatic carbocycles. The number of sulfone groups is 1. The van der Waals surface area contributed by atoms with E-state index in [2.05, 4.69) is 39.8 Å². The van der Waals surface area contributed by atoms with E-state index < -0.39 is 15.7 Å². The summed E-state index contributed by atoms with van der Waals surface area (Å²) in [6, 6.07) is 5.79. The van der Waals surface area contributed by atoms with Gasteiger partial charge >= 0.3 is 0 Å². The first-order valence-corrected chi connectivity index (χ1v) is 11.8. The summed E-state index contributed by atoms with van der Waals surface area (Å²) in [7, 11) is -1.10. The molecule has 156 valence electrons. The molecule has 0 bridgehead atoms. The van der Waals surface area contributed by atoms with Gasteiger partial charge < -0.3 is 5.73 Å². The van der Waals surface area contributed by atoms with E-state index in [0.29, 0.717) is 12.1 Å². The second kappa shape index (κ2) is 7.99. The molecule has 0 unspecified atom stereocenters. The van der Waals surface area contributed by atoms with Crippen molar-refractivity contribution in [2.75, 3.05) is 25.6 Å². The monoisotopic (exact) mass is 406 g/mol. The highest BCUT2D eigenvalue weighted by molar-refractivity contribution is 7.90. The van der Waals surface area contributed by atoms with E-state index >= 15 is 0 Å². The number of rotatable bonds is 7. The molecule has 0 aromatic heterocycles. The van der Waals surface area contributed by atoms with Crippen LogP contribution in [0.25, 0.3) is 5.57 Å². The first-order valence-electron chi connectivity index (χ1n) is 9.76. The zero-order valence-electron chi connectivity index (χ0n) is 18.0. The van der Waals surface area contributed by atoms with Gasteiger partial charge in [0, 0.05) is 23.9 Å². The van der Waals surface area contributed by atoms with Crippen molar-refractivity contribution in [1.82, 2.24) is 4.90 Å². The van der Waals surface area contributed by atoms with E-state index in [4.69, 9.17) is 5.73 Å². The molecule has 0 aliphatic heterocycles. The smallest absolute Gasteiger partial charge is 0.249 e. The number of nitrogens with two attached hydrogens (primary N) is 1. The lowest BCUT2D eigenvalue weighted by Gasteiger charge is -2.37. The number of benzene rings is 1. The predicted octanol–water partition coefficient (Wildman–Crippen LogP) is 3.59. The fraction of sp³-hybridized carbons (Fsp3) is 0.591. The van der Waals surface area contributed by atoms with Gasteiger partial charge in [-0.05, 0) is 74.4 Å². The van der Waals surface area contributed by atoms with Crippen LogP contribution < -0.4 is 5.73 Å². The summed E-state index contributed by atoms with van der Waals surface area (Å²) in [6.45, 7) is 9.08. The summed E-state index contributed by atoms with van der Waals surface area (Å²) in [5, 5.41) is 0. The van der Waals surface area contributed by atoms with Crippen molar-refractivity contribution < 1.29 is 13.2 Å². The van der Waals surface area contributed by atoms with Crippen LogP contribution in [0.3, 0.4) is 0 Å². The summed E-state index contributed by atoms with van der Waals surface area (Å²) < 4.78 is 23.1. The summed E-state index contributed by atoms with van der Waals surface area (Å²) >= 11 is 0. The molecular weight excluding hydrogens is 372 g/mol. The molecule has 5 nitrogen and oxygen atoms in total. The Balaban J connectivity index is 2.41. The van der Waals surface area contributed by atoms with Crippen LogP contribution in [0.15, 0.2) is 24.3 Å². The number of primary amides is 1. The van der Waals surface area contributed by atoms with Gasteiger partial charge in [-0.3, -0.25) is 9.69 Å². The molecular formula is C22H34N2O3S. The standard InChI is InChI=1S/C22H34N2O3S/c1-21(2)11-9-16(10-12-21)19-15-17(7-8-18(19)20(23)25)22(3,4)24(5)13-14-28(6,26)27/h7-9,15H,10-14H2,1-6H3,(H2,23,25). The first-order chi connectivity index (χ1) is 12.7. The van der Waals surface area contributed by atoms with Gasteiger partial charge in [0.2, 0.25) is 5.91 Å². The van der Waals surface area contributed by atoms with Gasteiger partial charge in [-0.2, -0.15) is 0 Å². The molecule has 1 amide bonds. The molecule has 0 saturated heterocycles. The molecule has 0 saturated carbocycles. The number of allylic oxidation sites excluding steroid dienone is 2. The molecule has 1 aromatic rings. The van der Waals surface area contributed by atoms with Gasteiger partial charge in [0.25, 0.3) is 0 Å². The van der Waals surface area contributed by atoms with Gasteiger partial charge in [0.1, 0.15) is 9.84 Å². The Bertz CT molecular complexity index is 883. The normalized spacial score (nSPS) is 17.5. The molecule has 6 heteroatoms. The van der Waals surface area contributed by atoms with Crippen molar-refractivity contribution in [3.8, 4) is 0 Å². The molecule has 28 heavy (non-hydrogen) atoms. The third kappa shape index (κ3) is 5.45. The minimum atomic E-state index is -3.03. The van der Waals surface area contributed by atoms with Crippen LogP contribution in [0.4, 0.5) is 0 Å². The number of carbonyl (C=O) groups is 1.